The van der Waals surface area contributed by atoms with E-state index in [1.807, 2.05) is 36.1 Å². The molecule has 0 saturated heterocycles. The minimum atomic E-state index is -1.28. The predicted molar refractivity (Wildman–Crippen MR) is 111 cm³/mol. The molecule has 7 nitrogen and oxygen atoms in total. The summed E-state index contributed by atoms with van der Waals surface area (Å²) in [4.78, 5) is 12.6. The molecule has 2 aromatic carbocycles. The Balaban J connectivity index is 0.00000256. The number of rotatable bonds is 5. The van der Waals surface area contributed by atoms with Crippen LogP contribution < -0.4 is 26.6 Å². The maximum Gasteiger partial charge on any atom is 0.275 e. The van der Waals surface area contributed by atoms with Crippen LogP contribution in [0.15, 0.2) is 48.5 Å². The van der Waals surface area contributed by atoms with Gasteiger partial charge in [-0.2, -0.15) is 4.90 Å². The van der Waals surface area contributed by atoms with Crippen molar-refractivity contribution in [3.8, 4) is 5.75 Å². The number of nitrogens with zero attached hydrogens (tertiary/aromatic N) is 3. The molecular weight excluding hydrogens is 450 g/mol. The monoisotopic (exact) mass is 475 g/mol. The fourth-order valence-electron chi connectivity index (χ4n) is 4.31. The molecule has 2 aliphatic rings. The zero-order valence-corrected chi connectivity index (χ0v) is 18.5. The highest BCUT2D eigenvalue weighted by atomic mass is 79.9. The normalized spacial score (nSPS) is 20.9. The maximum atomic E-state index is 11.9. The SMILES string of the molecule is CCOc1ccc(N2C3=[N+](CCCCC3)CC2(O)c2ccc([N+](=O)[O-])cc2)cc1.[Br-]. The molecule has 8 heteroatoms. The molecule has 0 bridgehead atoms. The van der Waals surface area contributed by atoms with E-state index in [1.165, 1.54) is 18.6 Å². The molecule has 0 amide bonds. The van der Waals surface area contributed by atoms with Gasteiger partial charge in [-0.25, -0.2) is 0 Å². The topological polar surface area (TPSA) is 78.8 Å². The van der Waals surface area contributed by atoms with E-state index < -0.39 is 10.6 Å². The Morgan fingerprint density at radius 1 is 1.13 bits per heavy atom. The molecule has 0 fully saturated rings. The molecule has 4 rings (SSSR count). The summed E-state index contributed by atoms with van der Waals surface area (Å²) in [6.45, 7) is 3.88. The highest BCUT2D eigenvalue weighted by Crippen LogP contribution is 2.38. The number of amidine groups is 1. The summed E-state index contributed by atoms with van der Waals surface area (Å²) >= 11 is 0. The third-order valence-electron chi connectivity index (χ3n) is 5.68. The first-order valence-electron chi connectivity index (χ1n) is 10.1. The van der Waals surface area contributed by atoms with Crippen molar-refractivity contribution in [3.05, 3.63) is 64.2 Å². The van der Waals surface area contributed by atoms with Crippen LogP contribution in [0.5, 0.6) is 5.75 Å². The summed E-state index contributed by atoms with van der Waals surface area (Å²) < 4.78 is 7.82. The first-order valence-corrected chi connectivity index (χ1v) is 10.1. The number of aliphatic hydroxyl groups is 1. The number of anilines is 1. The first-order chi connectivity index (χ1) is 14.0. The first kappa shape index (κ1) is 22.2. The molecule has 0 aliphatic carbocycles. The molecule has 2 aliphatic heterocycles. The molecule has 0 saturated carbocycles. The number of benzene rings is 2. The quantitative estimate of drug-likeness (QED) is 0.390. The summed E-state index contributed by atoms with van der Waals surface area (Å²) in [5.74, 6) is 1.89. The van der Waals surface area contributed by atoms with Gasteiger partial charge in [-0.05, 0) is 62.6 Å². The average molecular weight is 476 g/mol. The minimum absolute atomic E-state index is 0. The lowest BCUT2D eigenvalue weighted by atomic mass is 9.99. The molecule has 160 valence electrons. The Morgan fingerprint density at radius 2 is 1.83 bits per heavy atom. The van der Waals surface area contributed by atoms with Gasteiger partial charge in [0.25, 0.3) is 17.2 Å². The lowest BCUT2D eigenvalue weighted by molar-refractivity contribution is -0.534. The number of non-ortho nitro benzene ring substituents is 1. The number of halogens is 1. The molecule has 0 spiro atoms. The largest absolute Gasteiger partial charge is 1.00 e. The smallest absolute Gasteiger partial charge is 0.275 e. The van der Waals surface area contributed by atoms with E-state index in [1.54, 1.807) is 12.1 Å². The summed E-state index contributed by atoms with van der Waals surface area (Å²) in [6, 6.07) is 14.0. The van der Waals surface area contributed by atoms with Gasteiger partial charge in [0, 0.05) is 24.1 Å². The third kappa shape index (κ3) is 4.06. The van der Waals surface area contributed by atoms with Crippen molar-refractivity contribution in [1.82, 2.24) is 0 Å². The van der Waals surface area contributed by atoms with Crippen LogP contribution in [0.4, 0.5) is 11.4 Å². The van der Waals surface area contributed by atoms with Gasteiger partial charge in [-0.1, -0.05) is 0 Å². The van der Waals surface area contributed by atoms with Gasteiger partial charge < -0.3 is 26.8 Å². The van der Waals surface area contributed by atoms with Crippen molar-refractivity contribution in [2.75, 3.05) is 24.6 Å². The van der Waals surface area contributed by atoms with Crippen molar-refractivity contribution < 1.29 is 36.3 Å². The van der Waals surface area contributed by atoms with Crippen LogP contribution >= 0.6 is 0 Å². The van der Waals surface area contributed by atoms with Gasteiger partial charge in [0.05, 0.1) is 18.1 Å². The molecule has 1 N–H and O–H groups in total. The predicted octanol–water partition coefficient (Wildman–Crippen LogP) is 0.648. The van der Waals surface area contributed by atoms with Crippen molar-refractivity contribution >= 4 is 17.2 Å². The second-order valence-corrected chi connectivity index (χ2v) is 7.53. The number of ether oxygens (including phenoxy) is 1. The molecular formula is C22H26BrN3O4. The van der Waals surface area contributed by atoms with Gasteiger partial charge in [0.15, 0.2) is 6.54 Å². The van der Waals surface area contributed by atoms with E-state index in [0.29, 0.717) is 18.7 Å². The van der Waals surface area contributed by atoms with Crippen LogP contribution in [-0.4, -0.2) is 40.1 Å². The Bertz CT molecular complexity index is 930. The molecule has 1 unspecified atom stereocenters. The van der Waals surface area contributed by atoms with E-state index in [9.17, 15) is 15.2 Å². The number of hydrogen-bond acceptors (Lipinski definition) is 5. The molecule has 2 aromatic rings. The standard InChI is InChI=1S/C22H26N3O4.BrH/c1-2-29-20-13-11-18(12-14-20)24-21-6-4-3-5-15-23(21)16-22(24,26)17-7-9-19(10-8-17)25(27)28;/h7-14,26H,2-6,15-16H2,1H3;1H/q+1;/p-1. The van der Waals surface area contributed by atoms with Crippen molar-refractivity contribution in [2.24, 2.45) is 0 Å². The van der Waals surface area contributed by atoms with Crippen LogP contribution in [0.25, 0.3) is 0 Å². The Morgan fingerprint density at radius 3 is 2.47 bits per heavy atom. The van der Waals surface area contributed by atoms with E-state index >= 15 is 0 Å². The summed E-state index contributed by atoms with van der Waals surface area (Å²) in [5.41, 5.74) is 0.269. The average Bonchev–Trinajstić information content (AvgIpc) is 2.85. The molecule has 0 radical (unpaired) electrons. The highest BCUT2D eigenvalue weighted by Gasteiger charge is 2.54. The van der Waals surface area contributed by atoms with Crippen LogP contribution in [0.3, 0.4) is 0 Å². The summed E-state index contributed by atoms with van der Waals surface area (Å²) in [5, 5.41) is 22.9. The van der Waals surface area contributed by atoms with E-state index in [0.717, 1.165) is 43.1 Å². The molecule has 0 aromatic heterocycles. The van der Waals surface area contributed by atoms with Gasteiger partial charge in [0.1, 0.15) is 11.4 Å². The van der Waals surface area contributed by atoms with Crippen molar-refractivity contribution in [2.45, 2.75) is 38.3 Å². The lowest BCUT2D eigenvalue weighted by Gasteiger charge is -2.29. The summed E-state index contributed by atoms with van der Waals surface area (Å²) in [6.07, 6.45) is 4.24. The summed E-state index contributed by atoms with van der Waals surface area (Å²) in [7, 11) is 0. The van der Waals surface area contributed by atoms with E-state index in [2.05, 4.69) is 4.58 Å². The lowest BCUT2D eigenvalue weighted by Crippen LogP contribution is -3.00. The molecule has 2 heterocycles. The van der Waals surface area contributed by atoms with Crippen LogP contribution in [0.1, 0.15) is 38.2 Å². The number of nitro groups is 1. The van der Waals surface area contributed by atoms with Crippen molar-refractivity contribution in [3.63, 3.8) is 0 Å². The van der Waals surface area contributed by atoms with Gasteiger partial charge in [-0.3, -0.25) is 14.7 Å². The van der Waals surface area contributed by atoms with Crippen molar-refractivity contribution in [1.29, 1.82) is 0 Å². The van der Waals surface area contributed by atoms with Crippen LogP contribution in [0.2, 0.25) is 0 Å². The second kappa shape index (κ2) is 9.14. The van der Waals surface area contributed by atoms with Gasteiger partial charge in [-0.15, -0.1) is 0 Å². The Labute approximate surface area is 186 Å². The van der Waals surface area contributed by atoms with E-state index in [4.69, 9.17) is 4.74 Å². The fourth-order valence-corrected chi connectivity index (χ4v) is 4.31. The second-order valence-electron chi connectivity index (χ2n) is 7.53. The Kier molecular flexibility index (Phi) is 6.77. The molecule has 30 heavy (non-hydrogen) atoms. The van der Waals surface area contributed by atoms with Gasteiger partial charge in [0.2, 0.25) is 0 Å². The zero-order valence-electron chi connectivity index (χ0n) is 17.0. The number of nitro benzene ring substituents is 1. The number of hydrogen-bond donors (Lipinski definition) is 1. The van der Waals surface area contributed by atoms with Gasteiger partial charge >= 0.3 is 0 Å². The Hall–Kier alpha value is -2.45. The third-order valence-corrected chi connectivity index (χ3v) is 5.68. The van der Waals surface area contributed by atoms with Crippen LogP contribution in [0, 0.1) is 10.1 Å². The zero-order chi connectivity index (χ0) is 20.4. The van der Waals surface area contributed by atoms with E-state index in [-0.39, 0.29) is 22.7 Å². The van der Waals surface area contributed by atoms with Crippen LogP contribution in [-0.2, 0) is 5.72 Å². The fraction of sp³-hybridized carbons (Fsp3) is 0.409. The maximum absolute atomic E-state index is 11.9. The highest BCUT2D eigenvalue weighted by molar-refractivity contribution is 5.97. The molecule has 1 atom stereocenters. The minimum Gasteiger partial charge on any atom is -1.00 e.